The van der Waals surface area contributed by atoms with E-state index in [1.54, 1.807) is 0 Å². The number of nitrogens with zero attached hydrogens (tertiary/aromatic N) is 2. The number of carbonyl (C=O) groups is 1. The van der Waals surface area contributed by atoms with Crippen molar-refractivity contribution in [3.05, 3.63) is 18.2 Å². The first-order valence-corrected chi connectivity index (χ1v) is 3.37. The van der Waals surface area contributed by atoms with Crippen molar-refractivity contribution in [1.29, 1.82) is 0 Å². The molecular formula is C6H8N3O2+. The van der Waals surface area contributed by atoms with Crippen molar-refractivity contribution in [2.24, 2.45) is 0 Å². The second-order valence-corrected chi connectivity index (χ2v) is 2.47. The molecule has 0 aromatic carbocycles. The topological polar surface area (TPSA) is 58.1 Å². The van der Waals surface area contributed by atoms with Crippen molar-refractivity contribution in [2.45, 2.75) is 6.42 Å². The first-order valence-electron chi connectivity index (χ1n) is 3.37. The highest BCUT2D eigenvalue weighted by atomic mass is 16.5. The summed E-state index contributed by atoms with van der Waals surface area (Å²) in [6, 6.07) is -0.181. The Morgan fingerprint density at radius 2 is 2.55 bits per heavy atom. The number of aromatic nitrogens is 2. The second-order valence-electron chi connectivity index (χ2n) is 2.47. The molecule has 0 saturated carbocycles. The monoisotopic (exact) mass is 154 g/mol. The molecule has 0 spiro atoms. The van der Waals surface area contributed by atoms with Crippen LogP contribution in [-0.2, 0) is 6.42 Å². The summed E-state index contributed by atoms with van der Waals surface area (Å²) in [6.07, 6.45) is 3.63. The zero-order valence-electron chi connectivity index (χ0n) is 5.82. The molecule has 1 amide bonds. The van der Waals surface area contributed by atoms with Crippen LogP contribution in [0.1, 0.15) is 5.69 Å². The highest BCUT2D eigenvalue weighted by molar-refractivity contribution is 5.77. The van der Waals surface area contributed by atoms with E-state index in [2.05, 4.69) is 5.32 Å². The Morgan fingerprint density at radius 3 is 3.27 bits per heavy atom. The van der Waals surface area contributed by atoms with Crippen molar-refractivity contribution in [2.75, 3.05) is 6.54 Å². The molecule has 5 nitrogen and oxygen atoms in total. The number of nitrogens with one attached hydrogen (secondary N) is 1. The van der Waals surface area contributed by atoms with Crippen LogP contribution in [0, 0.1) is 0 Å². The quantitative estimate of drug-likeness (QED) is 0.377. The average Bonchev–Trinajstić information content (AvgIpc) is 2.31. The van der Waals surface area contributed by atoms with Gasteiger partial charge in [-0.05, 0) is 0 Å². The first-order chi connectivity index (χ1) is 5.27. The van der Waals surface area contributed by atoms with Gasteiger partial charge in [0.15, 0.2) is 11.9 Å². The van der Waals surface area contributed by atoms with Gasteiger partial charge >= 0.3 is 6.03 Å². The molecule has 2 heterocycles. The molecule has 5 heteroatoms. The number of hydrogen-bond acceptors (Lipinski definition) is 2. The maximum absolute atomic E-state index is 11.0. The Bertz CT molecular complexity index is 305. The van der Waals surface area contributed by atoms with E-state index in [-0.39, 0.29) is 6.03 Å². The summed E-state index contributed by atoms with van der Waals surface area (Å²) >= 11 is 0. The fraction of sp³-hybridized carbons (Fsp3) is 0.333. The van der Waals surface area contributed by atoms with Gasteiger partial charge in [-0.15, -0.1) is 4.57 Å². The van der Waals surface area contributed by atoms with Gasteiger partial charge in [-0.2, -0.15) is 0 Å². The van der Waals surface area contributed by atoms with E-state index in [9.17, 15) is 4.79 Å². The van der Waals surface area contributed by atoms with E-state index in [4.69, 9.17) is 5.21 Å². The van der Waals surface area contributed by atoms with Crippen molar-refractivity contribution in [3.8, 4) is 0 Å². The van der Waals surface area contributed by atoms with E-state index in [1.165, 1.54) is 17.1 Å². The lowest BCUT2D eigenvalue weighted by molar-refractivity contribution is -0.904. The molecular weight excluding hydrogens is 146 g/mol. The Balaban J connectivity index is 2.52. The first kappa shape index (κ1) is 6.21. The van der Waals surface area contributed by atoms with Crippen molar-refractivity contribution >= 4 is 6.03 Å². The lowest BCUT2D eigenvalue weighted by Crippen LogP contribution is -2.36. The minimum absolute atomic E-state index is 0.181. The maximum Gasteiger partial charge on any atom is 0.413 e. The van der Waals surface area contributed by atoms with Gasteiger partial charge in [0.25, 0.3) is 6.33 Å². The number of rotatable bonds is 0. The van der Waals surface area contributed by atoms with Gasteiger partial charge in [0.1, 0.15) is 0 Å². The van der Waals surface area contributed by atoms with Gasteiger partial charge in [0.2, 0.25) is 0 Å². The number of amides is 1. The molecule has 1 aromatic heterocycles. The second kappa shape index (κ2) is 1.98. The van der Waals surface area contributed by atoms with Crippen molar-refractivity contribution in [3.63, 3.8) is 0 Å². The maximum atomic E-state index is 11.0. The van der Waals surface area contributed by atoms with Gasteiger partial charge in [-0.3, -0.25) is 0 Å². The molecule has 1 aliphatic heterocycles. The highest BCUT2D eigenvalue weighted by Gasteiger charge is 2.23. The van der Waals surface area contributed by atoms with Crippen molar-refractivity contribution < 1.29 is 14.7 Å². The van der Waals surface area contributed by atoms with Crippen LogP contribution in [0.4, 0.5) is 4.79 Å². The van der Waals surface area contributed by atoms with Gasteiger partial charge < -0.3 is 10.5 Å². The van der Waals surface area contributed by atoms with Crippen LogP contribution in [0.15, 0.2) is 12.5 Å². The van der Waals surface area contributed by atoms with Crippen LogP contribution in [-0.4, -0.2) is 22.4 Å². The Kier molecular flexibility index (Phi) is 1.12. The molecule has 0 atom stereocenters. The predicted molar refractivity (Wildman–Crippen MR) is 34.3 cm³/mol. The highest BCUT2D eigenvalue weighted by Crippen LogP contribution is 2.01. The summed E-state index contributed by atoms with van der Waals surface area (Å²) in [5, 5.41) is 11.6. The van der Waals surface area contributed by atoms with Crippen LogP contribution in [0.5, 0.6) is 0 Å². The molecule has 11 heavy (non-hydrogen) atoms. The summed E-state index contributed by atoms with van der Waals surface area (Å²) in [7, 11) is 0. The standard InChI is InChI=1S/C6H7N3O2/c10-6-7-2-1-5-3-8(11)4-9(5)6/h3-4H,1-2H2,(H-,7,10,11)/p+1. The Hall–Kier alpha value is -1.52. The molecule has 0 fully saturated rings. The van der Waals surface area contributed by atoms with E-state index in [1.807, 2.05) is 0 Å². The smallest absolute Gasteiger partial charge is 0.350 e. The number of fused-ring (bicyclic) bond motifs is 1. The molecule has 0 radical (unpaired) electrons. The normalized spacial score (nSPS) is 15.8. The largest absolute Gasteiger partial charge is 0.413 e. The molecule has 2 N–H and O–H groups in total. The number of carbonyl (C=O) groups excluding carboxylic acids is 1. The summed E-state index contributed by atoms with van der Waals surface area (Å²) < 4.78 is 2.28. The van der Waals surface area contributed by atoms with Gasteiger partial charge in [0.05, 0.1) is 0 Å². The summed E-state index contributed by atoms with van der Waals surface area (Å²) in [5.41, 5.74) is 0.830. The molecule has 0 saturated heterocycles. The van der Waals surface area contributed by atoms with Crippen LogP contribution in [0.3, 0.4) is 0 Å². The minimum atomic E-state index is -0.181. The van der Waals surface area contributed by atoms with Crippen LogP contribution in [0.2, 0.25) is 0 Å². The van der Waals surface area contributed by atoms with E-state index in [0.717, 1.165) is 16.8 Å². The zero-order chi connectivity index (χ0) is 7.84. The Labute approximate surface area is 62.8 Å². The van der Waals surface area contributed by atoms with Crippen LogP contribution < -0.4 is 10.0 Å². The molecule has 1 aromatic rings. The van der Waals surface area contributed by atoms with Gasteiger partial charge in [-0.1, -0.05) is 4.73 Å². The predicted octanol–water partition coefficient (Wildman–Crippen LogP) is -0.873. The van der Waals surface area contributed by atoms with E-state index < -0.39 is 0 Å². The third-order valence-electron chi connectivity index (χ3n) is 1.70. The van der Waals surface area contributed by atoms with Crippen molar-refractivity contribution in [1.82, 2.24) is 9.88 Å². The summed E-state index contributed by atoms with van der Waals surface area (Å²) in [6.45, 7) is 0.642. The van der Waals surface area contributed by atoms with Gasteiger partial charge in [-0.25, -0.2) is 4.79 Å². The van der Waals surface area contributed by atoms with Gasteiger partial charge in [0, 0.05) is 13.0 Å². The number of imidazole rings is 1. The summed E-state index contributed by atoms with van der Waals surface area (Å²) in [5.74, 6) is 0. The molecule has 0 bridgehead atoms. The molecule has 0 aliphatic carbocycles. The third-order valence-corrected chi connectivity index (χ3v) is 1.70. The lowest BCUT2D eigenvalue weighted by Gasteiger charge is -2.06. The average molecular weight is 154 g/mol. The molecule has 2 rings (SSSR count). The SMILES string of the molecule is O=C1NCCc2c[n+](O)cn21. The van der Waals surface area contributed by atoms with E-state index >= 15 is 0 Å². The fourth-order valence-electron chi connectivity index (χ4n) is 1.19. The molecule has 58 valence electrons. The zero-order valence-corrected chi connectivity index (χ0v) is 5.82. The van der Waals surface area contributed by atoms with E-state index in [0.29, 0.717) is 6.54 Å². The fourth-order valence-corrected chi connectivity index (χ4v) is 1.19. The summed E-state index contributed by atoms with van der Waals surface area (Å²) in [4.78, 5) is 11.0. The molecule has 0 unspecified atom stereocenters. The van der Waals surface area contributed by atoms with Crippen LogP contribution in [0.25, 0.3) is 0 Å². The van der Waals surface area contributed by atoms with Crippen LogP contribution >= 0.6 is 0 Å². The molecule has 1 aliphatic rings. The third kappa shape index (κ3) is 0.849. The Morgan fingerprint density at radius 1 is 1.73 bits per heavy atom. The lowest BCUT2D eigenvalue weighted by atomic mass is 10.3. The minimum Gasteiger partial charge on any atom is -0.350 e. The number of hydrogen-bond donors (Lipinski definition) is 2.